The topological polar surface area (TPSA) is 9.23 Å². The van der Waals surface area contributed by atoms with Crippen molar-refractivity contribution >= 4 is 24.7 Å². The zero-order valence-corrected chi connectivity index (χ0v) is 17.1. The Hall–Kier alpha value is -0.903. The minimum absolute atomic E-state index is 0.312. The van der Waals surface area contributed by atoms with Gasteiger partial charge < -0.3 is 4.74 Å². The summed E-state index contributed by atoms with van der Waals surface area (Å²) in [6.45, 7) is 10.8. The van der Waals surface area contributed by atoms with Gasteiger partial charge in [-0.2, -0.15) is 0 Å². The third-order valence-corrected chi connectivity index (χ3v) is 7.93. The summed E-state index contributed by atoms with van der Waals surface area (Å²) >= 11 is 3.53. The minimum atomic E-state index is -0.352. The second-order valence-corrected chi connectivity index (χ2v) is 10.8. The summed E-state index contributed by atoms with van der Waals surface area (Å²) in [4.78, 5) is 0. The van der Waals surface area contributed by atoms with E-state index in [-0.39, 0.29) is 8.80 Å². The lowest BCUT2D eigenvalue weighted by Crippen LogP contribution is -2.26. The molecule has 123 valence electrons. The van der Waals surface area contributed by atoms with Crippen molar-refractivity contribution in [2.45, 2.75) is 43.9 Å². The van der Waals surface area contributed by atoms with Crippen LogP contribution in [0.15, 0.2) is 48.5 Å². The second kappa shape index (κ2) is 8.27. The van der Waals surface area contributed by atoms with Crippen LogP contribution in [0.4, 0.5) is 0 Å². The zero-order chi connectivity index (χ0) is 16.9. The predicted octanol–water partition coefficient (Wildman–Crippen LogP) is 6.30. The predicted molar refractivity (Wildman–Crippen MR) is 106 cm³/mol. The van der Waals surface area contributed by atoms with Gasteiger partial charge in [0, 0.05) is 11.9 Å². The molecule has 0 saturated heterocycles. The Bertz CT molecular complexity index is 637. The van der Waals surface area contributed by atoms with E-state index >= 15 is 0 Å². The van der Waals surface area contributed by atoms with Crippen LogP contribution in [-0.4, -0.2) is 15.4 Å². The van der Waals surface area contributed by atoms with E-state index in [1.165, 1.54) is 22.3 Å². The highest BCUT2D eigenvalue weighted by molar-refractivity contribution is 9.08. The van der Waals surface area contributed by atoms with Crippen LogP contribution < -0.4 is 0 Å². The molecule has 0 N–H and O–H groups in total. The maximum atomic E-state index is 6.00. The normalized spacial score (nSPS) is 11.9. The van der Waals surface area contributed by atoms with Crippen molar-refractivity contribution < 1.29 is 4.74 Å². The summed E-state index contributed by atoms with van der Waals surface area (Å²) in [5, 5.41) is 1.20. The van der Waals surface area contributed by atoms with Crippen LogP contribution in [0.3, 0.4) is 0 Å². The Labute approximate surface area is 150 Å². The maximum Gasteiger partial charge on any atom is 0.0717 e. The minimum Gasteiger partial charge on any atom is -0.377 e. The van der Waals surface area contributed by atoms with Crippen LogP contribution in [0.5, 0.6) is 0 Å². The van der Waals surface area contributed by atoms with E-state index in [2.05, 4.69) is 91.4 Å². The van der Waals surface area contributed by atoms with Crippen LogP contribution in [0.25, 0.3) is 11.1 Å². The molecule has 0 aliphatic heterocycles. The van der Waals surface area contributed by atoms with Gasteiger partial charge in [-0.25, -0.2) is 0 Å². The maximum absolute atomic E-state index is 6.00. The Morgan fingerprint density at radius 1 is 0.957 bits per heavy atom. The molecule has 2 rings (SSSR count). The summed E-state index contributed by atoms with van der Waals surface area (Å²) in [5.41, 5.74) is 5.05. The monoisotopic (exact) mass is 389 g/mol. The lowest BCUT2D eigenvalue weighted by atomic mass is 10.0. The molecular formula is C20H26BrOSi. The molecule has 0 heterocycles. The van der Waals surface area contributed by atoms with Gasteiger partial charge in [0.25, 0.3) is 0 Å². The van der Waals surface area contributed by atoms with Crippen molar-refractivity contribution in [1.29, 1.82) is 0 Å². The van der Waals surface area contributed by atoms with Gasteiger partial charge in [-0.1, -0.05) is 85.3 Å². The SMILES string of the molecule is C[Si](C)C(C)(C)COCc1cccc(-c2cccc(CBr)c2)c1. The highest BCUT2D eigenvalue weighted by Gasteiger charge is 2.23. The summed E-state index contributed by atoms with van der Waals surface area (Å²) in [5.74, 6) is 0. The second-order valence-electron chi connectivity index (χ2n) is 6.91. The van der Waals surface area contributed by atoms with E-state index in [1.807, 2.05) is 0 Å². The largest absolute Gasteiger partial charge is 0.377 e. The lowest BCUT2D eigenvalue weighted by molar-refractivity contribution is 0.101. The number of hydrogen-bond donors (Lipinski definition) is 0. The van der Waals surface area contributed by atoms with Gasteiger partial charge in [0.1, 0.15) is 0 Å². The molecule has 2 aromatic carbocycles. The fraction of sp³-hybridized carbons (Fsp3) is 0.400. The van der Waals surface area contributed by atoms with Gasteiger partial charge in [0.15, 0.2) is 0 Å². The molecule has 2 aromatic rings. The Morgan fingerprint density at radius 3 is 2.09 bits per heavy atom. The smallest absolute Gasteiger partial charge is 0.0717 e. The molecule has 3 heteroatoms. The molecule has 0 aliphatic rings. The fourth-order valence-corrected chi connectivity index (χ4v) is 2.98. The third-order valence-electron chi connectivity index (χ3n) is 4.43. The number of alkyl halides is 1. The number of ether oxygens (including phenoxy) is 1. The average Bonchev–Trinajstić information content (AvgIpc) is 2.55. The van der Waals surface area contributed by atoms with Gasteiger partial charge in [-0.3, -0.25) is 0 Å². The lowest BCUT2D eigenvalue weighted by Gasteiger charge is -2.27. The molecule has 0 atom stereocenters. The van der Waals surface area contributed by atoms with Gasteiger partial charge in [-0.15, -0.1) is 0 Å². The van der Waals surface area contributed by atoms with Crippen molar-refractivity contribution in [3.8, 4) is 11.1 Å². The van der Waals surface area contributed by atoms with Crippen molar-refractivity contribution in [3.05, 3.63) is 59.7 Å². The number of benzene rings is 2. The molecule has 0 aromatic heterocycles. The van der Waals surface area contributed by atoms with Gasteiger partial charge in [0.2, 0.25) is 0 Å². The molecule has 0 bridgehead atoms. The Morgan fingerprint density at radius 2 is 1.52 bits per heavy atom. The van der Waals surface area contributed by atoms with E-state index in [9.17, 15) is 0 Å². The number of rotatable bonds is 7. The van der Waals surface area contributed by atoms with Crippen LogP contribution in [0.1, 0.15) is 25.0 Å². The molecule has 0 spiro atoms. The van der Waals surface area contributed by atoms with Gasteiger partial charge >= 0.3 is 0 Å². The molecular weight excluding hydrogens is 364 g/mol. The van der Waals surface area contributed by atoms with E-state index in [0.717, 1.165) is 11.9 Å². The molecule has 0 unspecified atom stereocenters. The standard InChI is InChI=1S/C20H26BrOSi/c1-20(2,23(3)4)15-22-14-17-8-6-10-19(12-17)18-9-5-7-16(11-18)13-21/h5-12H,13-15H2,1-4H3. The van der Waals surface area contributed by atoms with E-state index in [4.69, 9.17) is 4.74 Å². The first-order chi connectivity index (χ1) is 10.9. The summed E-state index contributed by atoms with van der Waals surface area (Å²) in [6, 6.07) is 17.3. The van der Waals surface area contributed by atoms with Crippen LogP contribution in [0.2, 0.25) is 18.1 Å². The fourth-order valence-electron chi connectivity index (χ4n) is 2.24. The Balaban J connectivity index is 2.05. The molecule has 1 radical (unpaired) electrons. The number of halogens is 1. The van der Waals surface area contributed by atoms with E-state index in [0.29, 0.717) is 11.6 Å². The van der Waals surface area contributed by atoms with Gasteiger partial charge in [-0.05, 0) is 33.4 Å². The van der Waals surface area contributed by atoms with Crippen molar-refractivity contribution in [1.82, 2.24) is 0 Å². The molecule has 1 nitrogen and oxygen atoms in total. The van der Waals surface area contributed by atoms with Crippen LogP contribution >= 0.6 is 15.9 Å². The molecule has 0 saturated carbocycles. The Kier molecular flexibility index (Phi) is 6.63. The highest BCUT2D eigenvalue weighted by atomic mass is 79.9. The van der Waals surface area contributed by atoms with E-state index in [1.54, 1.807) is 0 Å². The first-order valence-corrected chi connectivity index (χ1v) is 11.7. The summed E-state index contributed by atoms with van der Waals surface area (Å²) in [7, 11) is -0.352. The van der Waals surface area contributed by atoms with Crippen LogP contribution in [-0.2, 0) is 16.7 Å². The van der Waals surface area contributed by atoms with Crippen molar-refractivity contribution in [3.63, 3.8) is 0 Å². The molecule has 0 aliphatic carbocycles. The first-order valence-electron chi connectivity index (χ1n) is 8.05. The van der Waals surface area contributed by atoms with Gasteiger partial charge in [0.05, 0.1) is 15.4 Å². The van der Waals surface area contributed by atoms with Crippen molar-refractivity contribution in [2.24, 2.45) is 0 Å². The first kappa shape index (κ1) is 18.4. The molecule has 0 amide bonds. The van der Waals surface area contributed by atoms with E-state index < -0.39 is 0 Å². The summed E-state index contributed by atoms with van der Waals surface area (Å²) in [6.07, 6.45) is 0. The van der Waals surface area contributed by atoms with Crippen LogP contribution in [0, 0.1) is 0 Å². The average molecular weight is 390 g/mol. The number of hydrogen-bond acceptors (Lipinski definition) is 1. The highest BCUT2D eigenvalue weighted by Crippen LogP contribution is 2.29. The molecule has 0 fully saturated rings. The third kappa shape index (κ3) is 5.30. The molecule has 23 heavy (non-hydrogen) atoms. The summed E-state index contributed by atoms with van der Waals surface area (Å²) < 4.78 is 6.00. The zero-order valence-electron chi connectivity index (χ0n) is 14.5. The van der Waals surface area contributed by atoms with Crippen molar-refractivity contribution in [2.75, 3.05) is 6.61 Å². The quantitative estimate of drug-likeness (QED) is 0.398.